The van der Waals surface area contributed by atoms with Crippen LogP contribution in [0.15, 0.2) is 95.9 Å². The molecule has 274 valence electrons. The third-order valence-electron chi connectivity index (χ3n) is 11.1. The molecule has 0 aliphatic carbocycles. The summed E-state index contributed by atoms with van der Waals surface area (Å²) in [5.74, 6) is -0.721. The van der Waals surface area contributed by atoms with E-state index in [-0.39, 0.29) is 17.9 Å². The van der Waals surface area contributed by atoms with E-state index in [4.69, 9.17) is 0 Å². The van der Waals surface area contributed by atoms with Crippen LogP contribution in [0.2, 0.25) is 0 Å². The van der Waals surface area contributed by atoms with Crippen LogP contribution in [0.1, 0.15) is 79.8 Å². The number of benzene rings is 7. The number of anilines is 2. The minimum absolute atomic E-state index is 0.245. The van der Waals surface area contributed by atoms with Gasteiger partial charge in [0.05, 0.1) is 16.5 Å². The Labute approximate surface area is 320 Å². The highest BCUT2D eigenvalue weighted by Gasteiger charge is 2.39. The van der Waals surface area contributed by atoms with Crippen LogP contribution in [-0.2, 0) is 10.8 Å². The Balaban J connectivity index is 1.06. The number of fused-ring (bicyclic) bond motifs is 2. The largest absolute Gasteiger partial charge is 0.384 e. The molecule has 2 unspecified atom stereocenters. The summed E-state index contributed by atoms with van der Waals surface area (Å²) in [6.07, 6.45) is 0.709. The summed E-state index contributed by atoms with van der Waals surface area (Å²) in [7, 11) is -1.29. The number of nitrogens with zero attached hydrogens (tertiary/aromatic N) is 2. The van der Waals surface area contributed by atoms with E-state index in [1.807, 2.05) is 57.2 Å². The average molecular weight is 746 g/mol. The molecule has 0 aromatic heterocycles. The van der Waals surface area contributed by atoms with Gasteiger partial charge in [0.1, 0.15) is 0 Å². The molecule has 9 rings (SSSR count). The molecule has 7 aromatic rings. The van der Waals surface area contributed by atoms with Crippen LogP contribution in [0.5, 0.6) is 0 Å². The number of hydrogen-bond donors (Lipinski definition) is 1. The SMILES string of the molecule is Cc1cc(C)cc(NCCS(=O)c2ccc(N3C(=O)c4ccc5c6ccc7c8c(ccc(c9ccc(c4c59)C3=O)c86)C(=O)N(C(C)CC(C)C)C7=O)cc2)c1. The van der Waals surface area contributed by atoms with Crippen LogP contribution in [-0.4, -0.2) is 51.1 Å². The van der Waals surface area contributed by atoms with Gasteiger partial charge >= 0.3 is 0 Å². The molecule has 0 saturated carbocycles. The summed E-state index contributed by atoms with van der Waals surface area (Å²) < 4.78 is 13.2. The Morgan fingerprint density at radius 1 is 0.582 bits per heavy atom. The summed E-state index contributed by atoms with van der Waals surface area (Å²) in [6.45, 7) is 10.7. The number of imide groups is 2. The second-order valence-corrected chi connectivity index (χ2v) is 17.0. The van der Waals surface area contributed by atoms with Crippen LogP contribution >= 0.6 is 0 Å². The fourth-order valence-corrected chi connectivity index (χ4v) is 9.90. The van der Waals surface area contributed by atoms with Crippen LogP contribution in [0, 0.1) is 19.8 Å². The molecule has 0 radical (unpaired) electrons. The van der Waals surface area contributed by atoms with Crippen molar-refractivity contribution in [2.75, 3.05) is 22.5 Å². The van der Waals surface area contributed by atoms with Crippen molar-refractivity contribution < 1.29 is 23.4 Å². The Kier molecular flexibility index (Phi) is 8.13. The van der Waals surface area contributed by atoms with Gasteiger partial charge in [-0.1, -0.05) is 44.2 Å². The first kappa shape index (κ1) is 34.8. The van der Waals surface area contributed by atoms with E-state index in [0.717, 1.165) is 49.1 Å². The molecule has 7 aromatic carbocycles. The van der Waals surface area contributed by atoms with E-state index in [1.54, 1.807) is 36.4 Å². The van der Waals surface area contributed by atoms with Gasteiger partial charge < -0.3 is 5.32 Å². The lowest BCUT2D eigenvalue weighted by Gasteiger charge is -2.33. The molecule has 0 spiro atoms. The van der Waals surface area contributed by atoms with Gasteiger partial charge in [-0.15, -0.1) is 0 Å². The normalized spacial score (nSPS) is 15.4. The van der Waals surface area contributed by atoms with Crippen molar-refractivity contribution in [2.24, 2.45) is 5.92 Å². The molecule has 4 amide bonds. The highest BCUT2D eigenvalue weighted by atomic mass is 32.2. The molecule has 1 N–H and O–H groups in total. The van der Waals surface area contributed by atoms with Crippen molar-refractivity contribution in [1.82, 2.24) is 4.90 Å². The lowest BCUT2D eigenvalue weighted by atomic mass is 9.82. The zero-order valence-electron chi connectivity index (χ0n) is 31.3. The maximum atomic E-state index is 14.2. The quantitative estimate of drug-likeness (QED) is 0.0898. The number of nitrogens with one attached hydrogen (secondary N) is 1. The van der Waals surface area contributed by atoms with E-state index in [0.29, 0.717) is 68.2 Å². The van der Waals surface area contributed by atoms with Gasteiger partial charge in [0.2, 0.25) is 0 Å². The summed E-state index contributed by atoms with van der Waals surface area (Å²) in [5, 5.41) is 9.62. The summed E-state index contributed by atoms with van der Waals surface area (Å²) in [5.41, 5.74) is 5.54. The number of hydrogen-bond acceptors (Lipinski definition) is 6. The molecule has 8 nitrogen and oxygen atoms in total. The maximum Gasteiger partial charge on any atom is 0.265 e. The average Bonchev–Trinajstić information content (AvgIpc) is 3.15. The van der Waals surface area contributed by atoms with Crippen LogP contribution < -0.4 is 10.2 Å². The Bertz CT molecular complexity index is 2700. The Hall–Kier alpha value is -5.93. The topological polar surface area (TPSA) is 104 Å². The minimum atomic E-state index is -1.29. The maximum absolute atomic E-state index is 14.2. The van der Waals surface area contributed by atoms with Crippen molar-refractivity contribution in [2.45, 2.75) is 52.0 Å². The molecule has 2 aliphatic heterocycles. The highest BCUT2D eigenvalue weighted by molar-refractivity contribution is 7.85. The van der Waals surface area contributed by atoms with Gasteiger partial charge in [-0.3, -0.25) is 28.3 Å². The van der Waals surface area contributed by atoms with Gasteiger partial charge in [-0.25, -0.2) is 4.90 Å². The first-order valence-electron chi connectivity index (χ1n) is 18.7. The smallest absolute Gasteiger partial charge is 0.265 e. The third kappa shape index (κ3) is 5.35. The molecule has 2 heterocycles. The molecular weight excluding hydrogens is 707 g/mol. The van der Waals surface area contributed by atoms with Crippen LogP contribution in [0.25, 0.3) is 43.1 Å². The van der Waals surface area contributed by atoms with Crippen molar-refractivity contribution >= 4 is 88.9 Å². The zero-order chi connectivity index (χ0) is 38.4. The fraction of sp³-hybridized carbons (Fsp3) is 0.217. The van der Waals surface area contributed by atoms with Crippen molar-refractivity contribution in [3.8, 4) is 0 Å². The Morgan fingerprint density at radius 2 is 1.04 bits per heavy atom. The second kappa shape index (κ2) is 12.8. The predicted molar refractivity (Wildman–Crippen MR) is 220 cm³/mol. The van der Waals surface area contributed by atoms with Gasteiger partial charge in [0, 0.05) is 61.9 Å². The van der Waals surface area contributed by atoms with E-state index >= 15 is 0 Å². The first-order valence-corrected chi connectivity index (χ1v) is 20.0. The fourth-order valence-electron chi connectivity index (χ4n) is 8.94. The van der Waals surface area contributed by atoms with Crippen molar-refractivity contribution in [3.63, 3.8) is 0 Å². The number of carbonyl (C=O) groups is 4. The molecule has 0 bridgehead atoms. The summed E-state index contributed by atoms with van der Waals surface area (Å²) in [4.78, 5) is 59.5. The monoisotopic (exact) mass is 745 g/mol. The molecule has 0 fully saturated rings. The summed E-state index contributed by atoms with van der Waals surface area (Å²) >= 11 is 0. The van der Waals surface area contributed by atoms with Gasteiger partial charge in [0.25, 0.3) is 23.6 Å². The van der Waals surface area contributed by atoms with Crippen LogP contribution in [0.3, 0.4) is 0 Å². The second-order valence-electron chi connectivity index (χ2n) is 15.4. The van der Waals surface area contributed by atoms with E-state index in [9.17, 15) is 23.4 Å². The molecule has 2 aliphatic rings. The molecule has 0 saturated heterocycles. The Morgan fingerprint density at radius 3 is 1.49 bits per heavy atom. The minimum Gasteiger partial charge on any atom is -0.384 e. The lowest BCUT2D eigenvalue weighted by molar-refractivity contribution is 0.0535. The number of amides is 4. The highest BCUT2D eigenvalue weighted by Crippen LogP contribution is 2.47. The van der Waals surface area contributed by atoms with E-state index in [1.165, 1.54) is 9.80 Å². The standard InChI is InChI=1S/C46H39N3O5S/c1-24(2)20-27(5)48-43(50)35-14-10-31-33-12-16-37-42-38(17-13-34(40(33)42)32-11-15-36(44(48)51)41(35)39(31)32)46(53)49(45(37)52)29-6-8-30(9-7-29)55(54)19-18-47-28-22-25(3)21-26(4)23-28/h6-17,21-24,27,47H,18-20H2,1-5H3. The number of rotatable bonds is 9. The van der Waals surface area contributed by atoms with Gasteiger partial charge in [-0.05, 0) is 137 Å². The van der Waals surface area contributed by atoms with E-state index in [2.05, 4.69) is 37.4 Å². The van der Waals surface area contributed by atoms with Gasteiger partial charge in [-0.2, -0.15) is 0 Å². The van der Waals surface area contributed by atoms with Crippen molar-refractivity contribution in [3.05, 3.63) is 124 Å². The van der Waals surface area contributed by atoms with Crippen LogP contribution in [0.4, 0.5) is 11.4 Å². The summed E-state index contributed by atoms with van der Waals surface area (Å²) in [6, 6.07) is 27.6. The predicted octanol–water partition coefficient (Wildman–Crippen LogP) is 9.40. The third-order valence-corrected chi connectivity index (χ3v) is 12.5. The van der Waals surface area contributed by atoms with E-state index < -0.39 is 22.6 Å². The molecule has 55 heavy (non-hydrogen) atoms. The molecular formula is C46H39N3O5S. The number of carbonyl (C=O) groups excluding carboxylic acids is 4. The first-order chi connectivity index (χ1) is 26.4. The van der Waals surface area contributed by atoms with Gasteiger partial charge in [0.15, 0.2) is 0 Å². The number of aryl methyl sites for hydroxylation is 2. The zero-order valence-corrected chi connectivity index (χ0v) is 32.1. The molecule has 9 heteroatoms. The van der Waals surface area contributed by atoms with Crippen molar-refractivity contribution in [1.29, 1.82) is 0 Å². The lowest BCUT2D eigenvalue weighted by Crippen LogP contribution is -2.46. The molecule has 2 atom stereocenters.